The van der Waals surface area contributed by atoms with Gasteiger partial charge in [0.15, 0.2) is 0 Å². The minimum atomic E-state index is -1.17. The number of rotatable bonds is 1. The van der Waals surface area contributed by atoms with Gasteiger partial charge >= 0.3 is 5.97 Å². The summed E-state index contributed by atoms with van der Waals surface area (Å²) in [4.78, 5) is 13.0. The Morgan fingerprint density at radius 1 is 1.19 bits per heavy atom. The van der Waals surface area contributed by atoms with Crippen molar-refractivity contribution in [3.8, 4) is 5.75 Å². The molecule has 1 fully saturated rings. The Labute approximate surface area is 191 Å². The zero-order valence-corrected chi connectivity index (χ0v) is 19.9. The van der Waals surface area contributed by atoms with Gasteiger partial charge in [0.25, 0.3) is 0 Å². The molecule has 4 atom stereocenters. The molecule has 0 unspecified atom stereocenters. The van der Waals surface area contributed by atoms with Crippen molar-refractivity contribution >= 4 is 5.97 Å². The van der Waals surface area contributed by atoms with Crippen LogP contribution in [0.3, 0.4) is 0 Å². The van der Waals surface area contributed by atoms with E-state index in [1.54, 1.807) is 32.0 Å². The minimum Gasteiger partial charge on any atom is -0.508 e. The number of ether oxygens (including phenoxy) is 2. The predicted molar refractivity (Wildman–Crippen MR) is 124 cm³/mol. The molecule has 1 aromatic rings. The summed E-state index contributed by atoms with van der Waals surface area (Å²) >= 11 is 0. The van der Waals surface area contributed by atoms with E-state index in [1.807, 2.05) is 0 Å². The highest BCUT2D eigenvalue weighted by Crippen LogP contribution is 2.45. The van der Waals surface area contributed by atoms with Gasteiger partial charge in [-0.1, -0.05) is 22.8 Å². The number of phenolic OH excluding ortho intramolecular Hbond substituents is 1. The maximum absolute atomic E-state index is 13.0. The first-order valence-electron chi connectivity index (χ1n) is 11.8. The number of allylic oxidation sites excluding steroid dienone is 3. The fourth-order valence-electron chi connectivity index (χ4n) is 5.24. The molecule has 1 aliphatic carbocycles. The lowest BCUT2D eigenvalue weighted by atomic mass is 9.86. The smallest absolute Gasteiger partial charge is 0.338 e. The molecule has 1 saturated heterocycles. The fourth-order valence-corrected chi connectivity index (χ4v) is 5.24. The maximum atomic E-state index is 13.0. The Morgan fingerprint density at radius 2 is 1.94 bits per heavy atom. The number of carbonyl (C=O) groups excluding carboxylic acids is 1. The Balaban J connectivity index is 1.71. The van der Waals surface area contributed by atoms with Crippen molar-refractivity contribution in [2.24, 2.45) is 5.92 Å². The number of hydrogen-bond donors (Lipinski definition) is 2. The van der Waals surface area contributed by atoms with Crippen molar-refractivity contribution in [2.75, 3.05) is 0 Å². The van der Waals surface area contributed by atoms with Crippen LogP contribution in [0.15, 0.2) is 41.0 Å². The molecule has 4 rings (SSSR count). The summed E-state index contributed by atoms with van der Waals surface area (Å²) in [6.07, 6.45) is 6.65. The molecule has 0 amide bonds. The summed E-state index contributed by atoms with van der Waals surface area (Å²) in [5, 5.41) is 21.2. The van der Waals surface area contributed by atoms with Gasteiger partial charge in [0.1, 0.15) is 11.9 Å². The third-order valence-corrected chi connectivity index (χ3v) is 7.65. The van der Waals surface area contributed by atoms with Crippen LogP contribution < -0.4 is 0 Å². The van der Waals surface area contributed by atoms with Gasteiger partial charge in [0.2, 0.25) is 0 Å². The molecule has 2 aliphatic heterocycles. The predicted octanol–water partition coefficient (Wildman–Crippen LogP) is 5.25. The van der Waals surface area contributed by atoms with Crippen molar-refractivity contribution in [2.45, 2.75) is 96.6 Å². The average Bonchev–Trinajstić information content (AvgIpc) is 3.23. The summed E-state index contributed by atoms with van der Waals surface area (Å²) in [7, 11) is 0. The van der Waals surface area contributed by atoms with E-state index < -0.39 is 17.7 Å². The average molecular weight is 441 g/mol. The first-order chi connectivity index (χ1) is 15.0. The second-order valence-electron chi connectivity index (χ2n) is 10.6. The quantitative estimate of drug-likeness (QED) is 0.354. The molecule has 0 spiro atoms. The van der Waals surface area contributed by atoms with E-state index in [9.17, 15) is 15.0 Å². The highest BCUT2D eigenvalue weighted by molar-refractivity contribution is 5.90. The molecule has 0 radical (unpaired) electrons. The van der Waals surface area contributed by atoms with Gasteiger partial charge < -0.3 is 19.7 Å². The van der Waals surface area contributed by atoms with E-state index in [0.717, 1.165) is 24.8 Å². The van der Waals surface area contributed by atoms with Gasteiger partial charge in [-0.15, -0.1) is 0 Å². The maximum Gasteiger partial charge on any atom is 0.338 e. The van der Waals surface area contributed by atoms with E-state index in [1.165, 1.54) is 16.7 Å². The topological polar surface area (TPSA) is 79.3 Å². The summed E-state index contributed by atoms with van der Waals surface area (Å²) in [6, 6.07) is 4.90. The lowest BCUT2D eigenvalue weighted by Crippen LogP contribution is -2.40. The molecule has 0 saturated carbocycles. The molecule has 0 aromatic heterocycles. The number of hydrogen-bond acceptors (Lipinski definition) is 5. The van der Waals surface area contributed by atoms with E-state index in [-0.39, 0.29) is 17.5 Å². The van der Waals surface area contributed by atoms with E-state index in [4.69, 9.17) is 9.47 Å². The molecule has 2 heterocycles. The number of epoxide rings is 1. The van der Waals surface area contributed by atoms with Gasteiger partial charge in [0, 0.05) is 5.92 Å². The van der Waals surface area contributed by atoms with Crippen LogP contribution in [0.1, 0.15) is 82.6 Å². The second-order valence-corrected chi connectivity index (χ2v) is 10.6. The zero-order valence-electron chi connectivity index (χ0n) is 19.9. The molecular formula is C27H36O5. The molecule has 1 aromatic carbocycles. The van der Waals surface area contributed by atoms with Crippen LogP contribution in [0.4, 0.5) is 0 Å². The highest BCUT2D eigenvalue weighted by Gasteiger charge is 2.51. The Hall–Kier alpha value is -2.11. The SMILES string of the molecule is CC1=CC[C@@H]2O[C@@]2(C)CC[C@@H](C(C)(C)O)OC(=O)c2ccc(O)c(c2)CC2=C(C)CC[C@H]12. The van der Waals surface area contributed by atoms with Gasteiger partial charge in [-0.25, -0.2) is 4.79 Å². The number of phenols is 1. The molecule has 32 heavy (non-hydrogen) atoms. The van der Waals surface area contributed by atoms with Crippen molar-refractivity contribution in [1.82, 2.24) is 0 Å². The molecule has 2 N–H and O–H groups in total. The number of fused-ring (bicyclic) bond motifs is 4. The third kappa shape index (κ3) is 4.65. The Bertz CT molecular complexity index is 967. The molecule has 5 nitrogen and oxygen atoms in total. The third-order valence-electron chi connectivity index (χ3n) is 7.65. The fraction of sp³-hybridized carbons (Fsp3) is 0.593. The zero-order chi connectivity index (χ0) is 23.3. The lowest BCUT2D eigenvalue weighted by molar-refractivity contribution is -0.0694. The lowest BCUT2D eigenvalue weighted by Gasteiger charge is -2.30. The van der Waals surface area contributed by atoms with Crippen molar-refractivity contribution < 1.29 is 24.5 Å². The first kappa shape index (κ1) is 23.1. The summed E-state index contributed by atoms with van der Waals surface area (Å²) < 4.78 is 11.8. The van der Waals surface area contributed by atoms with Gasteiger partial charge in [-0.2, -0.15) is 0 Å². The molecule has 174 valence electrons. The normalized spacial score (nSPS) is 31.5. The van der Waals surface area contributed by atoms with E-state index in [2.05, 4.69) is 26.8 Å². The van der Waals surface area contributed by atoms with Crippen molar-refractivity contribution in [3.63, 3.8) is 0 Å². The number of esters is 1. The van der Waals surface area contributed by atoms with Crippen LogP contribution in [0.5, 0.6) is 5.75 Å². The number of carbonyl (C=O) groups is 1. The van der Waals surface area contributed by atoms with Crippen LogP contribution in [0.25, 0.3) is 0 Å². The van der Waals surface area contributed by atoms with Crippen LogP contribution in [0, 0.1) is 5.92 Å². The summed E-state index contributed by atoms with van der Waals surface area (Å²) in [5.74, 6) is 0.0764. The molecule has 5 heteroatoms. The van der Waals surface area contributed by atoms with Crippen LogP contribution in [0.2, 0.25) is 0 Å². The number of cyclic esters (lactones) is 1. The number of aliphatic hydroxyl groups is 1. The van der Waals surface area contributed by atoms with E-state index in [0.29, 0.717) is 30.7 Å². The standard InChI is InChI=1S/C27H36O5/c1-16-7-11-24-27(5,32-24)13-12-23(26(3,4)30)31-25(29)18-8-10-22(28)19(14-18)15-21-17(2)6-9-20(16)21/h7-8,10,14,20,23-24,28,30H,6,9,11-13,15H2,1-5H3/t20-,23+,24+,27+/m1/s1. The Kier molecular flexibility index (Phi) is 6.01. The second kappa shape index (κ2) is 8.35. The summed E-state index contributed by atoms with van der Waals surface area (Å²) in [6.45, 7) is 9.81. The molecule has 2 bridgehead atoms. The summed E-state index contributed by atoms with van der Waals surface area (Å²) in [5.41, 5.74) is 3.76. The number of benzene rings is 1. The highest BCUT2D eigenvalue weighted by atomic mass is 16.6. The Morgan fingerprint density at radius 3 is 2.66 bits per heavy atom. The largest absolute Gasteiger partial charge is 0.508 e. The monoisotopic (exact) mass is 440 g/mol. The first-order valence-corrected chi connectivity index (χ1v) is 11.8. The van der Waals surface area contributed by atoms with Crippen LogP contribution in [-0.2, 0) is 15.9 Å². The molecular weight excluding hydrogens is 404 g/mol. The van der Waals surface area contributed by atoms with Crippen molar-refractivity contribution in [3.05, 3.63) is 52.1 Å². The van der Waals surface area contributed by atoms with Gasteiger partial charge in [-0.05, 0) is 96.9 Å². The van der Waals surface area contributed by atoms with Gasteiger partial charge in [0.05, 0.1) is 22.9 Å². The number of aromatic hydroxyl groups is 1. The minimum absolute atomic E-state index is 0.148. The van der Waals surface area contributed by atoms with Gasteiger partial charge in [-0.3, -0.25) is 0 Å². The van der Waals surface area contributed by atoms with Crippen molar-refractivity contribution in [1.29, 1.82) is 0 Å². The van der Waals surface area contributed by atoms with E-state index >= 15 is 0 Å². The van der Waals surface area contributed by atoms with Crippen LogP contribution >= 0.6 is 0 Å². The molecule has 3 aliphatic rings. The van der Waals surface area contributed by atoms with Crippen LogP contribution in [-0.4, -0.2) is 39.6 Å².